The van der Waals surface area contributed by atoms with Crippen LogP contribution in [0.5, 0.6) is 0 Å². The van der Waals surface area contributed by atoms with E-state index in [1.807, 2.05) is 0 Å². The molecule has 19 heavy (non-hydrogen) atoms. The van der Waals surface area contributed by atoms with Crippen LogP contribution in [-0.2, 0) is 4.79 Å². The summed E-state index contributed by atoms with van der Waals surface area (Å²) in [6.45, 7) is 7.34. The Hall–Kier alpha value is -1.35. The molecule has 1 heterocycles. The van der Waals surface area contributed by atoms with Gasteiger partial charge in [-0.3, -0.25) is 9.69 Å². The number of carboxylic acids is 1. The van der Waals surface area contributed by atoms with Crippen LogP contribution in [0.3, 0.4) is 0 Å². The fraction of sp³-hybridized carbons (Fsp3) is 0.562. The van der Waals surface area contributed by atoms with E-state index >= 15 is 0 Å². The van der Waals surface area contributed by atoms with Crippen molar-refractivity contribution in [2.24, 2.45) is 0 Å². The van der Waals surface area contributed by atoms with Gasteiger partial charge in [0, 0.05) is 6.04 Å². The van der Waals surface area contributed by atoms with E-state index < -0.39 is 5.97 Å². The summed E-state index contributed by atoms with van der Waals surface area (Å²) in [6, 6.07) is 8.43. The number of nitrogens with zero attached hydrogens (tertiary/aromatic N) is 1. The average molecular weight is 261 g/mol. The average Bonchev–Trinajstić information content (AvgIpc) is 2.87. The normalized spacial score (nSPS) is 21.8. The van der Waals surface area contributed by atoms with Crippen molar-refractivity contribution in [2.75, 3.05) is 6.54 Å². The van der Waals surface area contributed by atoms with Gasteiger partial charge in [-0.05, 0) is 43.4 Å². The van der Waals surface area contributed by atoms with Crippen molar-refractivity contribution in [3.8, 4) is 0 Å². The van der Waals surface area contributed by atoms with Crippen molar-refractivity contribution in [3.05, 3.63) is 35.4 Å². The van der Waals surface area contributed by atoms with E-state index in [1.54, 1.807) is 0 Å². The molecule has 1 aromatic carbocycles. The Morgan fingerprint density at radius 3 is 2.32 bits per heavy atom. The largest absolute Gasteiger partial charge is 0.480 e. The quantitative estimate of drug-likeness (QED) is 0.902. The highest BCUT2D eigenvalue weighted by Crippen LogP contribution is 2.30. The maximum atomic E-state index is 11.2. The van der Waals surface area contributed by atoms with Crippen LogP contribution in [0.2, 0.25) is 0 Å². The summed E-state index contributed by atoms with van der Waals surface area (Å²) in [5, 5.41) is 9.25. The topological polar surface area (TPSA) is 40.5 Å². The van der Waals surface area contributed by atoms with E-state index in [4.69, 9.17) is 0 Å². The van der Waals surface area contributed by atoms with Crippen molar-refractivity contribution < 1.29 is 9.90 Å². The first-order valence-electron chi connectivity index (χ1n) is 7.09. The number of hydrogen-bond donors (Lipinski definition) is 1. The minimum Gasteiger partial charge on any atom is -0.480 e. The third kappa shape index (κ3) is 2.98. The minimum absolute atomic E-state index is 0.171. The molecule has 1 aliphatic rings. The Balaban J connectivity index is 2.14. The molecule has 1 N–H and O–H groups in total. The number of carboxylic acid groups (broad SMARTS) is 1. The molecule has 1 aliphatic heterocycles. The zero-order valence-electron chi connectivity index (χ0n) is 12.0. The standard InChI is InChI=1S/C16H23NO2/c1-11(2)13-6-8-14(9-7-13)12(3)17-10-4-5-15(17)16(18)19/h6-9,11-12,15H,4-5,10H2,1-3H3,(H,18,19)/t12?,15-/m0/s1. The van der Waals surface area contributed by atoms with Gasteiger partial charge in [0.2, 0.25) is 0 Å². The van der Waals surface area contributed by atoms with Crippen LogP contribution in [0.1, 0.15) is 56.7 Å². The molecule has 3 nitrogen and oxygen atoms in total. The van der Waals surface area contributed by atoms with Crippen LogP contribution in [0.4, 0.5) is 0 Å². The molecule has 1 saturated heterocycles. The number of likely N-dealkylation sites (tertiary alicyclic amines) is 1. The second-order valence-corrected chi connectivity index (χ2v) is 5.73. The summed E-state index contributed by atoms with van der Waals surface area (Å²) in [6.07, 6.45) is 1.75. The predicted octanol–water partition coefficient (Wildman–Crippen LogP) is 3.42. The second kappa shape index (κ2) is 5.74. The van der Waals surface area contributed by atoms with Gasteiger partial charge in [-0.25, -0.2) is 0 Å². The molecule has 0 amide bonds. The van der Waals surface area contributed by atoms with Gasteiger partial charge >= 0.3 is 5.97 Å². The van der Waals surface area contributed by atoms with E-state index in [1.165, 1.54) is 11.1 Å². The summed E-state index contributed by atoms with van der Waals surface area (Å²) in [4.78, 5) is 13.4. The maximum absolute atomic E-state index is 11.2. The molecule has 104 valence electrons. The number of hydrogen-bond acceptors (Lipinski definition) is 2. The van der Waals surface area contributed by atoms with Crippen molar-refractivity contribution >= 4 is 5.97 Å². The van der Waals surface area contributed by atoms with E-state index in [-0.39, 0.29) is 12.1 Å². The molecule has 2 rings (SSSR count). The van der Waals surface area contributed by atoms with E-state index in [0.29, 0.717) is 5.92 Å². The first-order valence-corrected chi connectivity index (χ1v) is 7.09. The van der Waals surface area contributed by atoms with Crippen molar-refractivity contribution in [1.82, 2.24) is 4.90 Å². The molecule has 1 unspecified atom stereocenters. The van der Waals surface area contributed by atoms with Crippen molar-refractivity contribution in [1.29, 1.82) is 0 Å². The molecule has 0 aromatic heterocycles. The molecule has 1 fully saturated rings. The first-order chi connectivity index (χ1) is 9.00. The Bertz CT molecular complexity index is 439. The number of carbonyl (C=O) groups is 1. The van der Waals surface area contributed by atoms with Crippen LogP contribution in [0.15, 0.2) is 24.3 Å². The summed E-state index contributed by atoms with van der Waals surface area (Å²) in [5.41, 5.74) is 2.53. The number of aliphatic carboxylic acids is 1. The molecule has 0 bridgehead atoms. The minimum atomic E-state index is -0.692. The summed E-state index contributed by atoms with van der Waals surface area (Å²) in [5.74, 6) is -0.161. The van der Waals surface area contributed by atoms with Gasteiger partial charge in [0.1, 0.15) is 6.04 Å². The molecule has 0 saturated carbocycles. The third-order valence-corrected chi connectivity index (χ3v) is 4.16. The van der Waals surface area contributed by atoms with Gasteiger partial charge in [0.05, 0.1) is 0 Å². The molecule has 2 atom stereocenters. The van der Waals surface area contributed by atoms with Gasteiger partial charge in [-0.2, -0.15) is 0 Å². The highest BCUT2D eigenvalue weighted by molar-refractivity contribution is 5.73. The molecule has 0 spiro atoms. The van der Waals surface area contributed by atoms with Gasteiger partial charge in [0.15, 0.2) is 0 Å². The van der Waals surface area contributed by atoms with Crippen molar-refractivity contribution in [3.63, 3.8) is 0 Å². The van der Waals surface area contributed by atoms with E-state index in [9.17, 15) is 9.90 Å². The fourth-order valence-corrected chi connectivity index (χ4v) is 2.87. The molecule has 0 aliphatic carbocycles. The monoisotopic (exact) mass is 261 g/mol. The zero-order chi connectivity index (χ0) is 14.0. The lowest BCUT2D eigenvalue weighted by Crippen LogP contribution is -2.37. The van der Waals surface area contributed by atoms with E-state index in [2.05, 4.69) is 49.9 Å². The molecular formula is C16H23NO2. The lowest BCUT2D eigenvalue weighted by atomic mass is 9.99. The Morgan fingerprint density at radius 1 is 1.21 bits per heavy atom. The molecular weight excluding hydrogens is 238 g/mol. The van der Waals surface area contributed by atoms with Gasteiger partial charge in [-0.1, -0.05) is 38.1 Å². The molecule has 0 radical (unpaired) electrons. The summed E-state index contributed by atoms with van der Waals surface area (Å²) < 4.78 is 0. The third-order valence-electron chi connectivity index (χ3n) is 4.16. The highest BCUT2D eigenvalue weighted by atomic mass is 16.4. The zero-order valence-corrected chi connectivity index (χ0v) is 12.0. The highest BCUT2D eigenvalue weighted by Gasteiger charge is 2.33. The SMILES string of the molecule is CC(C)c1ccc(C(C)N2CCC[C@H]2C(=O)O)cc1. The number of rotatable bonds is 4. The lowest BCUT2D eigenvalue weighted by molar-refractivity contribution is -0.142. The second-order valence-electron chi connectivity index (χ2n) is 5.73. The Kier molecular flexibility index (Phi) is 4.25. The summed E-state index contributed by atoms with van der Waals surface area (Å²) in [7, 11) is 0. The van der Waals surface area contributed by atoms with Crippen LogP contribution in [-0.4, -0.2) is 28.6 Å². The molecule has 3 heteroatoms. The van der Waals surface area contributed by atoms with Crippen LogP contribution >= 0.6 is 0 Å². The van der Waals surface area contributed by atoms with E-state index in [0.717, 1.165) is 19.4 Å². The van der Waals surface area contributed by atoms with Gasteiger partial charge in [0.25, 0.3) is 0 Å². The predicted molar refractivity (Wildman–Crippen MR) is 76.3 cm³/mol. The lowest BCUT2D eigenvalue weighted by Gasteiger charge is -2.28. The fourth-order valence-electron chi connectivity index (χ4n) is 2.87. The van der Waals surface area contributed by atoms with Crippen LogP contribution < -0.4 is 0 Å². The van der Waals surface area contributed by atoms with Gasteiger partial charge < -0.3 is 5.11 Å². The maximum Gasteiger partial charge on any atom is 0.320 e. The van der Waals surface area contributed by atoms with Crippen LogP contribution in [0, 0.1) is 0 Å². The Labute approximate surface area is 115 Å². The van der Waals surface area contributed by atoms with Crippen molar-refractivity contribution in [2.45, 2.75) is 51.6 Å². The molecule has 1 aromatic rings. The smallest absolute Gasteiger partial charge is 0.320 e. The Morgan fingerprint density at radius 2 is 1.79 bits per heavy atom. The number of benzene rings is 1. The summed E-state index contributed by atoms with van der Waals surface area (Å²) >= 11 is 0. The first kappa shape index (κ1) is 14.1. The van der Waals surface area contributed by atoms with Gasteiger partial charge in [-0.15, -0.1) is 0 Å². The van der Waals surface area contributed by atoms with Crippen LogP contribution in [0.25, 0.3) is 0 Å².